The summed E-state index contributed by atoms with van der Waals surface area (Å²) in [5, 5.41) is 9.93. The molecule has 0 saturated heterocycles. The minimum atomic E-state index is -0.504. The molecule has 1 aromatic carbocycles. The normalized spacial score (nSPS) is 10.7. The number of nitrogens with one attached hydrogen (secondary N) is 2. The van der Waals surface area contributed by atoms with Crippen LogP contribution >= 0.6 is 11.3 Å². The predicted octanol–water partition coefficient (Wildman–Crippen LogP) is 2.36. The Morgan fingerprint density at radius 1 is 1.17 bits per heavy atom. The van der Waals surface area contributed by atoms with Crippen LogP contribution in [0.4, 0.5) is 5.13 Å². The minimum Gasteiger partial charge on any atom is -0.347 e. The van der Waals surface area contributed by atoms with Gasteiger partial charge in [-0.1, -0.05) is 35.6 Å². The fourth-order valence-corrected chi connectivity index (χ4v) is 3.47. The minimum absolute atomic E-state index is 0.118. The maximum atomic E-state index is 12.6. The van der Waals surface area contributed by atoms with E-state index in [1.807, 2.05) is 19.1 Å². The van der Waals surface area contributed by atoms with Crippen LogP contribution in [0, 0.1) is 6.92 Å². The molecule has 9 nitrogen and oxygen atoms in total. The molecule has 3 rings (SSSR count). The topological polar surface area (TPSA) is 109 Å². The van der Waals surface area contributed by atoms with Gasteiger partial charge in [-0.25, -0.2) is 4.68 Å². The number of anilines is 1. The monoisotopic (exact) mass is 426 g/mol. The second-order valence-corrected chi connectivity index (χ2v) is 7.96. The molecular weight excluding hydrogens is 404 g/mol. The van der Waals surface area contributed by atoms with E-state index in [-0.39, 0.29) is 24.1 Å². The van der Waals surface area contributed by atoms with Crippen LogP contribution < -0.4 is 10.6 Å². The quantitative estimate of drug-likeness (QED) is 0.629. The van der Waals surface area contributed by atoms with Gasteiger partial charge in [0.2, 0.25) is 5.91 Å². The fraction of sp³-hybridized carbons (Fsp3) is 0.250. The Labute approximate surface area is 177 Å². The second kappa shape index (κ2) is 8.46. The number of aryl methyl sites for hydroxylation is 1. The van der Waals surface area contributed by atoms with Gasteiger partial charge >= 0.3 is 0 Å². The van der Waals surface area contributed by atoms with Crippen LogP contribution in [0.5, 0.6) is 0 Å². The van der Waals surface area contributed by atoms with Crippen LogP contribution in [-0.4, -0.2) is 58.0 Å². The average molecular weight is 427 g/mol. The van der Waals surface area contributed by atoms with Gasteiger partial charge in [0, 0.05) is 25.4 Å². The van der Waals surface area contributed by atoms with Crippen molar-refractivity contribution in [2.75, 3.05) is 26.0 Å². The van der Waals surface area contributed by atoms with Gasteiger partial charge in [0.15, 0.2) is 16.5 Å². The van der Waals surface area contributed by atoms with E-state index in [9.17, 15) is 14.4 Å². The Balaban J connectivity index is 1.88. The summed E-state index contributed by atoms with van der Waals surface area (Å²) >= 11 is 1.13. The zero-order chi connectivity index (χ0) is 22.0. The molecule has 0 aliphatic carbocycles. The van der Waals surface area contributed by atoms with Gasteiger partial charge in [-0.05, 0) is 26.0 Å². The molecule has 0 saturated carbocycles. The molecule has 0 bridgehead atoms. The number of rotatable bonds is 6. The Hall–Kier alpha value is -3.53. The number of nitrogens with zero attached hydrogens (tertiary/aromatic N) is 4. The van der Waals surface area contributed by atoms with Crippen molar-refractivity contribution < 1.29 is 14.4 Å². The van der Waals surface area contributed by atoms with Gasteiger partial charge in [-0.2, -0.15) is 10.1 Å². The van der Waals surface area contributed by atoms with Crippen molar-refractivity contribution >= 4 is 50.2 Å². The van der Waals surface area contributed by atoms with Crippen molar-refractivity contribution in [3.63, 3.8) is 0 Å². The molecule has 0 aliphatic rings. The van der Waals surface area contributed by atoms with Gasteiger partial charge in [0.1, 0.15) is 4.70 Å². The number of carbonyl (C=O) groups is 3. The molecule has 2 heterocycles. The average Bonchev–Trinajstić information content (AvgIpc) is 3.24. The molecule has 30 heavy (non-hydrogen) atoms. The van der Waals surface area contributed by atoms with Gasteiger partial charge < -0.3 is 10.2 Å². The van der Waals surface area contributed by atoms with E-state index in [1.165, 1.54) is 9.58 Å². The molecule has 0 fully saturated rings. The lowest BCUT2D eigenvalue weighted by Crippen LogP contribution is -2.36. The third-order valence-electron chi connectivity index (χ3n) is 4.23. The number of likely N-dealkylation sites (N-methyl/N-ethyl adjacent to an activating group) is 1. The number of hydrogen-bond donors (Lipinski definition) is 2. The Morgan fingerprint density at radius 2 is 1.83 bits per heavy atom. The Morgan fingerprint density at radius 3 is 2.43 bits per heavy atom. The Bertz CT molecular complexity index is 1140. The van der Waals surface area contributed by atoms with Crippen molar-refractivity contribution in [1.29, 1.82) is 0 Å². The predicted molar refractivity (Wildman–Crippen MR) is 117 cm³/mol. The van der Waals surface area contributed by atoms with Crippen molar-refractivity contribution in [3.8, 4) is 0 Å². The molecular formula is C20H22N6O3S. The van der Waals surface area contributed by atoms with E-state index in [0.717, 1.165) is 16.9 Å². The zero-order valence-electron chi connectivity index (χ0n) is 17.1. The first-order valence-corrected chi connectivity index (χ1v) is 9.91. The first-order chi connectivity index (χ1) is 14.2. The van der Waals surface area contributed by atoms with Crippen LogP contribution in [0.3, 0.4) is 0 Å². The van der Waals surface area contributed by atoms with Crippen molar-refractivity contribution in [2.24, 2.45) is 0 Å². The maximum Gasteiger partial charge on any atom is 0.273 e. The molecule has 0 aliphatic heterocycles. The highest BCUT2D eigenvalue weighted by Gasteiger charge is 2.23. The highest BCUT2D eigenvalue weighted by Crippen LogP contribution is 2.30. The number of aromatic nitrogens is 3. The fourth-order valence-electron chi connectivity index (χ4n) is 2.54. The molecule has 0 unspecified atom stereocenters. The molecule has 2 aromatic heterocycles. The number of hydrogen-bond acceptors (Lipinski definition) is 6. The molecule has 0 atom stereocenters. The lowest BCUT2D eigenvalue weighted by Gasteiger charge is -2.10. The van der Waals surface area contributed by atoms with E-state index in [2.05, 4.69) is 27.3 Å². The highest BCUT2D eigenvalue weighted by molar-refractivity contribution is 7.22. The number of fused-ring (bicyclic) bond motifs is 1. The lowest BCUT2D eigenvalue weighted by molar-refractivity contribution is -0.127. The molecule has 3 amide bonds. The summed E-state index contributed by atoms with van der Waals surface area (Å²) in [4.78, 5) is 42.7. The summed E-state index contributed by atoms with van der Waals surface area (Å²) in [5.74, 6) is -1.05. The number of benzene rings is 1. The molecule has 0 spiro atoms. The SMILES string of the molecule is C=C(C)n1nc(C(=O)NCC(=O)N(C)C)c2sc(NC(=O)c3ccc(C)cc3)nc21. The summed E-state index contributed by atoms with van der Waals surface area (Å²) in [6, 6.07) is 7.16. The summed E-state index contributed by atoms with van der Waals surface area (Å²) in [6.07, 6.45) is 0. The van der Waals surface area contributed by atoms with Crippen LogP contribution in [0.2, 0.25) is 0 Å². The standard InChI is InChI=1S/C20H22N6O3S/c1-11(2)26-17-16(15(24-26)19(29)21-10-14(27)25(4)5)30-20(22-17)23-18(28)13-8-6-12(3)7-9-13/h6-9H,1,10H2,2-5H3,(H,21,29)(H,22,23,28). The van der Waals surface area contributed by atoms with Gasteiger partial charge in [-0.3, -0.25) is 19.7 Å². The largest absolute Gasteiger partial charge is 0.347 e. The van der Waals surface area contributed by atoms with E-state index >= 15 is 0 Å². The highest BCUT2D eigenvalue weighted by atomic mass is 32.1. The number of amides is 3. The molecule has 2 N–H and O–H groups in total. The third kappa shape index (κ3) is 4.38. The summed E-state index contributed by atoms with van der Waals surface area (Å²) in [5.41, 5.74) is 2.65. The number of allylic oxidation sites excluding steroid dienone is 1. The van der Waals surface area contributed by atoms with Crippen molar-refractivity contribution in [2.45, 2.75) is 13.8 Å². The summed E-state index contributed by atoms with van der Waals surface area (Å²) in [7, 11) is 3.21. The van der Waals surface area contributed by atoms with Crippen molar-refractivity contribution in [1.82, 2.24) is 25.0 Å². The molecule has 156 valence electrons. The van der Waals surface area contributed by atoms with E-state index in [1.54, 1.807) is 33.2 Å². The van der Waals surface area contributed by atoms with Gasteiger partial charge in [-0.15, -0.1) is 0 Å². The molecule has 10 heteroatoms. The first kappa shape index (κ1) is 21.2. The van der Waals surface area contributed by atoms with E-state index in [0.29, 0.717) is 26.7 Å². The van der Waals surface area contributed by atoms with Crippen LogP contribution in [0.1, 0.15) is 33.3 Å². The smallest absolute Gasteiger partial charge is 0.273 e. The molecule has 0 radical (unpaired) electrons. The summed E-state index contributed by atoms with van der Waals surface area (Å²) < 4.78 is 1.93. The second-order valence-electron chi connectivity index (χ2n) is 6.96. The summed E-state index contributed by atoms with van der Waals surface area (Å²) in [6.45, 7) is 7.38. The van der Waals surface area contributed by atoms with E-state index < -0.39 is 5.91 Å². The van der Waals surface area contributed by atoms with Crippen molar-refractivity contribution in [3.05, 3.63) is 47.7 Å². The third-order valence-corrected chi connectivity index (χ3v) is 5.20. The maximum absolute atomic E-state index is 12.6. The number of carbonyl (C=O) groups excluding carboxylic acids is 3. The lowest BCUT2D eigenvalue weighted by atomic mass is 10.1. The van der Waals surface area contributed by atoms with Gasteiger partial charge in [0.25, 0.3) is 11.8 Å². The van der Waals surface area contributed by atoms with Gasteiger partial charge in [0.05, 0.1) is 6.54 Å². The Kier molecular flexibility index (Phi) is 5.97. The van der Waals surface area contributed by atoms with E-state index in [4.69, 9.17) is 0 Å². The van der Waals surface area contributed by atoms with Crippen LogP contribution in [0.15, 0.2) is 30.8 Å². The molecule has 3 aromatic rings. The number of thiazole rings is 1. The van der Waals surface area contributed by atoms with Crippen LogP contribution in [-0.2, 0) is 4.79 Å². The van der Waals surface area contributed by atoms with Crippen LogP contribution in [0.25, 0.3) is 16.0 Å². The first-order valence-electron chi connectivity index (χ1n) is 9.09. The zero-order valence-corrected chi connectivity index (χ0v) is 18.0.